The highest BCUT2D eigenvalue weighted by atomic mass is 16.5. The molecule has 1 saturated carbocycles. The van der Waals surface area contributed by atoms with E-state index < -0.39 is 0 Å². The Hall–Kier alpha value is -2.47. The lowest BCUT2D eigenvalue weighted by atomic mass is 9.80. The zero-order chi connectivity index (χ0) is 18.4. The van der Waals surface area contributed by atoms with Crippen molar-refractivity contribution in [2.45, 2.75) is 45.1 Å². The topological polar surface area (TPSA) is 68.2 Å². The fraction of sp³-hybridized carbons (Fsp3) is 0.476. The van der Waals surface area contributed by atoms with Gasteiger partial charge in [-0.2, -0.15) is 4.98 Å². The fourth-order valence-electron chi connectivity index (χ4n) is 4.95. The number of aromatic nitrogens is 3. The first-order chi connectivity index (χ1) is 13.2. The summed E-state index contributed by atoms with van der Waals surface area (Å²) < 4.78 is 11.0. The monoisotopic (exact) mass is 364 g/mol. The van der Waals surface area contributed by atoms with Crippen molar-refractivity contribution in [3.05, 3.63) is 53.2 Å². The van der Waals surface area contributed by atoms with Crippen molar-refractivity contribution in [1.82, 2.24) is 20.2 Å². The number of hydrogen-bond acceptors (Lipinski definition) is 6. The average molecular weight is 364 g/mol. The van der Waals surface area contributed by atoms with E-state index in [0.717, 1.165) is 48.9 Å². The lowest BCUT2D eigenvalue weighted by Crippen LogP contribution is -2.33. The van der Waals surface area contributed by atoms with Crippen LogP contribution in [0, 0.1) is 19.8 Å². The molecule has 2 aliphatic rings. The van der Waals surface area contributed by atoms with Gasteiger partial charge in [-0.15, -0.1) is 0 Å². The first-order valence-electron chi connectivity index (χ1n) is 9.69. The number of hydrogen-bond donors (Lipinski definition) is 0. The first kappa shape index (κ1) is 16.7. The molecule has 0 bridgehead atoms. The minimum absolute atomic E-state index is 0.00943. The van der Waals surface area contributed by atoms with Gasteiger partial charge in [-0.3, -0.25) is 4.90 Å². The van der Waals surface area contributed by atoms with E-state index in [2.05, 4.69) is 15.2 Å². The van der Waals surface area contributed by atoms with Crippen LogP contribution in [0.1, 0.15) is 42.1 Å². The molecule has 2 atom stereocenters. The molecule has 1 aliphatic heterocycles. The van der Waals surface area contributed by atoms with Gasteiger partial charge in [-0.1, -0.05) is 34.9 Å². The largest absolute Gasteiger partial charge is 0.361 e. The molecule has 140 valence electrons. The molecule has 1 aromatic carbocycles. The number of likely N-dealkylation sites (tertiary alicyclic amines) is 1. The van der Waals surface area contributed by atoms with Gasteiger partial charge < -0.3 is 9.05 Å². The Kier molecular flexibility index (Phi) is 3.90. The molecule has 0 radical (unpaired) electrons. The van der Waals surface area contributed by atoms with Crippen LogP contribution in [0.5, 0.6) is 0 Å². The second-order valence-corrected chi connectivity index (χ2v) is 8.01. The minimum atomic E-state index is 0.00943. The molecule has 3 heterocycles. The molecule has 0 spiro atoms. The molecule has 6 nitrogen and oxygen atoms in total. The van der Waals surface area contributed by atoms with Crippen molar-refractivity contribution in [3.8, 4) is 11.5 Å². The standard InChI is InChI=1S/C21H24N4O2/c1-14-18(15(2)26-23-14)12-25-11-17-9-6-10-21(17,13-25)20-22-19(27-24-20)16-7-4-3-5-8-16/h3-5,7-8,17H,6,9-13H2,1-2H3/t17-,21-/m1/s1. The van der Waals surface area contributed by atoms with E-state index in [9.17, 15) is 0 Å². The van der Waals surface area contributed by atoms with Crippen LogP contribution in [-0.2, 0) is 12.0 Å². The van der Waals surface area contributed by atoms with Gasteiger partial charge in [-0.05, 0) is 44.7 Å². The molecule has 1 saturated heterocycles. The van der Waals surface area contributed by atoms with Crippen LogP contribution in [0.2, 0.25) is 0 Å². The van der Waals surface area contributed by atoms with Crippen molar-refractivity contribution in [3.63, 3.8) is 0 Å². The molecule has 5 rings (SSSR count). The van der Waals surface area contributed by atoms with Crippen molar-refractivity contribution in [2.75, 3.05) is 13.1 Å². The van der Waals surface area contributed by atoms with E-state index in [-0.39, 0.29) is 5.41 Å². The highest BCUT2D eigenvalue weighted by molar-refractivity contribution is 5.52. The summed E-state index contributed by atoms with van der Waals surface area (Å²) in [6.07, 6.45) is 3.59. The Balaban J connectivity index is 1.42. The molecule has 2 aromatic heterocycles. The summed E-state index contributed by atoms with van der Waals surface area (Å²) in [5, 5.41) is 8.53. The normalized spacial score (nSPS) is 25.2. The quantitative estimate of drug-likeness (QED) is 0.699. The maximum absolute atomic E-state index is 5.64. The van der Waals surface area contributed by atoms with Crippen molar-refractivity contribution >= 4 is 0 Å². The van der Waals surface area contributed by atoms with Gasteiger partial charge >= 0.3 is 0 Å². The summed E-state index contributed by atoms with van der Waals surface area (Å²) in [6.45, 7) is 6.93. The summed E-state index contributed by atoms with van der Waals surface area (Å²) in [5.41, 5.74) is 3.19. The highest BCUT2D eigenvalue weighted by Crippen LogP contribution is 2.50. The zero-order valence-electron chi connectivity index (χ0n) is 15.8. The number of fused-ring (bicyclic) bond motifs is 1. The van der Waals surface area contributed by atoms with E-state index in [1.807, 2.05) is 44.2 Å². The predicted molar refractivity (Wildman–Crippen MR) is 100 cm³/mol. The van der Waals surface area contributed by atoms with Gasteiger partial charge in [-0.25, -0.2) is 0 Å². The van der Waals surface area contributed by atoms with E-state index >= 15 is 0 Å². The third-order valence-electron chi connectivity index (χ3n) is 6.40. The Morgan fingerprint density at radius 3 is 2.78 bits per heavy atom. The van der Waals surface area contributed by atoms with E-state index in [4.69, 9.17) is 14.0 Å². The second kappa shape index (κ2) is 6.30. The predicted octanol–water partition coefficient (Wildman–Crippen LogP) is 3.90. The van der Waals surface area contributed by atoms with Gasteiger partial charge in [0.1, 0.15) is 5.76 Å². The lowest BCUT2D eigenvalue weighted by molar-refractivity contribution is 0.284. The van der Waals surface area contributed by atoms with Crippen molar-refractivity contribution < 1.29 is 9.05 Å². The fourth-order valence-corrected chi connectivity index (χ4v) is 4.95. The minimum Gasteiger partial charge on any atom is -0.361 e. The number of aryl methyl sites for hydroxylation is 2. The van der Waals surface area contributed by atoms with Crippen LogP contribution in [0.25, 0.3) is 11.5 Å². The van der Waals surface area contributed by atoms with Crippen LogP contribution >= 0.6 is 0 Å². The van der Waals surface area contributed by atoms with E-state index in [1.165, 1.54) is 18.4 Å². The number of benzene rings is 1. The SMILES string of the molecule is Cc1noc(C)c1CN1C[C@H]2CCC[C@@]2(c2noc(-c3ccccc3)n2)C1. The average Bonchev–Trinajstić information content (AvgIpc) is 3.42. The molecule has 0 unspecified atom stereocenters. The summed E-state index contributed by atoms with van der Waals surface area (Å²) >= 11 is 0. The van der Waals surface area contributed by atoms with Gasteiger partial charge in [0.15, 0.2) is 5.82 Å². The van der Waals surface area contributed by atoms with Gasteiger partial charge in [0.05, 0.1) is 11.1 Å². The zero-order valence-corrected chi connectivity index (χ0v) is 15.8. The summed E-state index contributed by atoms with van der Waals surface area (Å²) in [4.78, 5) is 7.34. The van der Waals surface area contributed by atoms with Crippen LogP contribution in [0.15, 0.2) is 39.4 Å². The summed E-state index contributed by atoms with van der Waals surface area (Å²) in [7, 11) is 0. The van der Waals surface area contributed by atoms with Crippen LogP contribution in [0.4, 0.5) is 0 Å². The first-order valence-corrected chi connectivity index (χ1v) is 9.69. The molecule has 3 aromatic rings. The Morgan fingerprint density at radius 1 is 1.15 bits per heavy atom. The third kappa shape index (κ3) is 2.70. The molecular weight excluding hydrogens is 340 g/mol. The summed E-state index contributed by atoms with van der Waals surface area (Å²) in [6, 6.07) is 10.0. The van der Waals surface area contributed by atoms with Crippen LogP contribution in [0.3, 0.4) is 0 Å². The molecule has 6 heteroatoms. The molecule has 1 aliphatic carbocycles. The van der Waals surface area contributed by atoms with Gasteiger partial charge in [0.25, 0.3) is 5.89 Å². The molecule has 0 amide bonds. The highest BCUT2D eigenvalue weighted by Gasteiger charge is 2.53. The third-order valence-corrected chi connectivity index (χ3v) is 6.40. The lowest BCUT2D eigenvalue weighted by Gasteiger charge is -2.25. The number of rotatable bonds is 4. The Morgan fingerprint density at radius 2 is 2.00 bits per heavy atom. The van der Waals surface area contributed by atoms with E-state index in [0.29, 0.717) is 11.8 Å². The smallest absolute Gasteiger partial charge is 0.257 e. The Bertz CT molecular complexity index is 929. The molecule has 27 heavy (non-hydrogen) atoms. The van der Waals surface area contributed by atoms with Crippen molar-refractivity contribution in [2.24, 2.45) is 5.92 Å². The summed E-state index contributed by atoms with van der Waals surface area (Å²) in [5.74, 6) is 3.00. The van der Waals surface area contributed by atoms with E-state index in [1.54, 1.807) is 0 Å². The van der Waals surface area contributed by atoms with Gasteiger partial charge in [0.2, 0.25) is 0 Å². The Labute approximate surface area is 158 Å². The molecular formula is C21H24N4O2. The number of nitrogens with zero attached hydrogens (tertiary/aromatic N) is 4. The van der Waals surface area contributed by atoms with Crippen molar-refractivity contribution in [1.29, 1.82) is 0 Å². The maximum Gasteiger partial charge on any atom is 0.257 e. The van der Waals surface area contributed by atoms with Crippen LogP contribution in [-0.4, -0.2) is 33.3 Å². The molecule has 2 fully saturated rings. The van der Waals surface area contributed by atoms with Crippen LogP contribution < -0.4 is 0 Å². The maximum atomic E-state index is 5.64. The second-order valence-electron chi connectivity index (χ2n) is 8.01. The molecule has 0 N–H and O–H groups in total. The van der Waals surface area contributed by atoms with Gasteiger partial charge in [0, 0.05) is 30.8 Å².